The Bertz CT molecular complexity index is 962. The van der Waals surface area contributed by atoms with Crippen LogP contribution in [0.15, 0.2) is 61.7 Å². The maximum Gasteiger partial charge on any atom is 0.181 e. The molecule has 0 spiro atoms. The van der Waals surface area contributed by atoms with Crippen LogP contribution in [0.5, 0.6) is 0 Å². The van der Waals surface area contributed by atoms with E-state index in [1.54, 1.807) is 0 Å². The Morgan fingerprint density at radius 3 is 2.32 bits per heavy atom. The molecule has 0 aliphatic carbocycles. The van der Waals surface area contributed by atoms with Crippen LogP contribution in [0.4, 0.5) is 0 Å². The first-order chi connectivity index (χ1) is 10.9. The maximum absolute atomic E-state index is 4.45. The van der Waals surface area contributed by atoms with Crippen LogP contribution in [0.3, 0.4) is 0 Å². The second-order valence-corrected chi connectivity index (χ2v) is 4.94. The molecule has 0 atom stereocenters. The zero-order valence-corrected chi connectivity index (χ0v) is 11.8. The van der Waals surface area contributed by atoms with Crippen molar-refractivity contribution in [2.75, 3.05) is 0 Å². The summed E-state index contributed by atoms with van der Waals surface area (Å²) in [5.41, 5.74) is 3.72. The maximum atomic E-state index is 4.45. The van der Waals surface area contributed by atoms with Crippen molar-refractivity contribution in [3.63, 3.8) is 0 Å². The van der Waals surface area contributed by atoms with E-state index in [2.05, 4.69) is 50.8 Å². The second kappa shape index (κ2) is 5.00. The monoisotopic (exact) mass is 284 g/mol. The smallest absolute Gasteiger partial charge is 0.181 e. The van der Waals surface area contributed by atoms with Gasteiger partial charge in [-0.25, -0.2) is 19.9 Å². The molecule has 0 bridgehead atoms. The van der Waals surface area contributed by atoms with E-state index < -0.39 is 0 Å². The summed E-state index contributed by atoms with van der Waals surface area (Å²) in [4.78, 5) is 17.0. The molecule has 4 heteroatoms. The summed E-state index contributed by atoms with van der Waals surface area (Å²) >= 11 is 0. The molecule has 104 valence electrons. The molecule has 2 aromatic carbocycles. The van der Waals surface area contributed by atoms with Gasteiger partial charge in [0.2, 0.25) is 0 Å². The van der Waals surface area contributed by atoms with Gasteiger partial charge in [-0.3, -0.25) is 0 Å². The predicted octanol–water partition coefficient (Wildman–Crippen LogP) is 3.83. The molecule has 0 unspecified atom stereocenters. The van der Waals surface area contributed by atoms with Gasteiger partial charge in [0, 0.05) is 5.56 Å². The minimum absolute atomic E-state index is 0.603. The molecule has 0 fully saturated rings. The first kappa shape index (κ1) is 12.6. The zero-order chi connectivity index (χ0) is 14.9. The molecule has 0 amide bonds. The highest BCUT2D eigenvalue weighted by Gasteiger charge is 2.10. The standard InChI is InChI=1S/C18H12N4/c1-2-12-5-3-7-14-13(12)6-4-8-15(14)16-9-17-18(21-10-19-16)22-11-20-17/h2-11H,1H2. The summed E-state index contributed by atoms with van der Waals surface area (Å²) in [6.45, 7) is 3.88. The van der Waals surface area contributed by atoms with E-state index in [1.807, 2.05) is 24.3 Å². The number of nitrogens with zero attached hydrogens (tertiary/aromatic N) is 4. The molecule has 4 nitrogen and oxygen atoms in total. The van der Waals surface area contributed by atoms with Crippen LogP contribution >= 0.6 is 0 Å². The van der Waals surface area contributed by atoms with Crippen molar-refractivity contribution in [2.45, 2.75) is 0 Å². The van der Waals surface area contributed by atoms with Crippen LogP contribution in [0.1, 0.15) is 5.56 Å². The van der Waals surface area contributed by atoms with Gasteiger partial charge in [-0.15, -0.1) is 0 Å². The third-order valence-electron chi connectivity index (χ3n) is 3.71. The molecule has 0 N–H and O–H groups in total. The van der Waals surface area contributed by atoms with Crippen LogP contribution in [0.25, 0.3) is 39.6 Å². The molecular formula is C18H12N4. The van der Waals surface area contributed by atoms with E-state index in [1.165, 1.54) is 12.7 Å². The Kier molecular flexibility index (Phi) is 2.86. The van der Waals surface area contributed by atoms with E-state index in [0.717, 1.165) is 33.3 Å². The van der Waals surface area contributed by atoms with E-state index in [4.69, 9.17) is 0 Å². The topological polar surface area (TPSA) is 51.6 Å². The fourth-order valence-electron chi connectivity index (χ4n) is 2.67. The third-order valence-corrected chi connectivity index (χ3v) is 3.71. The summed E-state index contributed by atoms with van der Waals surface area (Å²) in [6.07, 6.45) is 4.91. The van der Waals surface area contributed by atoms with Crippen LogP contribution in [0, 0.1) is 0 Å². The van der Waals surface area contributed by atoms with E-state index in [9.17, 15) is 0 Å². The van der Waals surface area contributed by atoms with Crippen molar-refractivity contribution >= 4 is 16.8 Å². The van der Waals surface area contributed by atoms with Gasteiger partial charge in [-0.05, 0) is 22.4 Å². The Hall–Kier alpha value is -3.14. The lowest BCUT2D eigenvalue weighted by Crippen LogP contribution is -1.85. The van der Waals surface area contributed by atoms with Gasteiger partial charge < -0.3 is 0 Å². The Morgan fingerprint density at radius 2 is 1.50 bits per heavy atom. The van der Waals surface area contributed by atoms with E-state index in [0.29, 0.717) is 5.82 Å². The Labute approximate surface area is 127 Å². The first-order valence-electron chi connectivity index (χ1n) is 6.94. The zero-order valence-electron chi connectivity index (χ0n) is 11.8. The molecule has 22 heavy (non-hydrogen) atoms. The van der Waals surface area contributed by atoms with E-state index >= 15 is 0 Å². The summed E-state index contributed by atoms with van der Waals surface area (Å²) in [6, 6.07) is 14.3. The fourth-order valence-corrected chi connectivity index (χ4v) is 2.67. The van der Waals surface area contributed by atoms with Gasteiger partial charge in [0.15, 0.2) is 5.82 Å². The molecule has 4 rings (SSSR count). The second-order valence-electron chi connectivity index (χ2n) is 4.94. The van der Waals surface area contributed by atoms with Crippen LogP contribution in [-0.4, -0.2) is 19.9 Å². The van der Waals surface area contributed by atoms with Crippen LogP contribution < -0.4 is 0 Å². The Morgan fingerprint density at radius 1 is 0.773 bits per heavy atom. The lowest BCUT2D eigenvalue weighted by atomic mass is 9.98. The average molecular weight is 284 g/mol. The van der Waals surface area contributed by atoms with Crippen molar-refractivity contribution in [1.82, 2.24) is 19.9 Å². The highest BCUT2D eigenvalue weighted by Crippen LogP contribution is 2.30. The predicted molar refractivity (Wildman–Crippen MR) is 87.3 cm³/mol. The average Bonchev–Trinajstić information content (AvgIpc) is 2.90. The van der Waals surface area contributed by atoms with Gasteiger partial charge in [0.05, 0.1) is 5.69 Å². The van der Waals surface area contributed by atoms with Gasteiger partial charge in [0.25, 0.3) is 0 Å². The minimum atomic E-state index is 0.603. The van der Waals surface area contributed by atoms with Crippen LogP contribution in [-0.2, 0) is 0 Å². The SMILES string of the molecule is C=Cc1cccc2c(-c3cc4ncnc-4ncn3)cccc12. The molecule has 0 radical (unpaired) electrons. The molecule has 0 saturated heterocycles. The normalized spacial score (nSPS) is 10.9. The minimum Gasteiger partial charge on any atom is -0.236 e. The van der Waals surface area contributed by atoms with Crippen molar-refractivity contribution in [1.29, 1.82) is 0 Å². The van der Waals surface area contributed by atoms with Crippen LogP contribution in [0.2, 0.25) is 0 Å². The quantitative estimate of drug-likeness (QED) is 0.561. The highest BCUT2D eigenvalue weighted by molar-refractivity contribution is 6.00. The number of hydrogen-bond acceptors (Lipinski definition) is 4. The third kappa shape index (κ3) is 1.93. The van der Waals surface area contributed by atoms with Gasteiger partial charge in [-0.2, -0.15) is 0 Å². The molecule has 2 aromatic rings. The molecule has 0 saturated carbocycles. The fraction of sp³-hybridized carbons (Fsp3) is 0. The first-order valence-corrected chi connectivity index (χ1v) is 6.94. The summed E-state index contributed by atoms with van der Waals surface area (Å²) in [5.74, 6) is 0.603. The lowest BCUT2D eigenvalue weighted by molar-refractivity contribution is 1.19. The van der Waals surface area contributed by atoms with Crippen molar-refractivity contribution in [2.24, 2.45) is 0 Å². The highest BCUT2D eigenvalue weighted by atomic mass is 15.0. The number of rotatable bonds is 2. The molecule has 2 heterocycles. The van der Waals surface area contributed by atoms with Crippen molar-refractivity contribution in [3.05, 3.63) is 67.3 Å². The number of fused-ring (bicyclic) bond motifs is 2. The van der Waals surface area contributed by atoms with E-state index in [-0.39, 0.29) is 0 Å². The largest absolute Gasteiger partial charge is 0.236 e. The van der Waals surface area contributed by atoms with Crippen molar-refractivity contribution in [3.8, 4) is 22.8 Å². The van der Waals surface area contributed by atoms with Crippen molar-refractivity contribution < 1.29 is 0 Å². The molecule has 0 aromatic heterocycles. The molecule has 2 aliphatic heterocycles. The Balaban J connectivity index is 2.02. The van der Waals surface area contributed by atoms with Gasteiger partial charge in [-0.1, -0.05) is 49.1 Å². The van der Waals surface area contributed by atoms with Gasteiger partial charge >= 0.3 is 0 Å². The molecule has 2 aliphatic rings. The lowest BCUT2D eigenvalue weighted by Gasteiger charge is -2.07. The van der Waals surface area contributed by atoms with Gasteiger partial charge in [0.1, 0.15) is 18.3 Å². The number of benzene rings is 2. The summed E-state index contributed by atoms with van der Waals surface area (Å²) in [7, 11) is 0. The number of hydrogen-bond donors (Lipinski definition) is 0. The number of aromatic nitrogens is 4. The summed E-state index contributed by atoms with van der Waals surface area (Å²) < 4.78 is 0. The summed E-state index contributed by atoms with van der Waals surface area (Å²) in [5, 5.41) is 2.28. The number of imidazole rings is 1. The molecular weight excluding hydrogens is 272 g/mol.